The third-order valence-electron chi connectivity index (χ3n) is 6.00. The van der Waals surface area contributed by atoms with E-state index in [-0.39, 0.29) is 23.9 Å². The van der Waals surface area contributed by atoms with E-state index in [4.69, 9.17) is 0 Å². The Morgan fingerprint density at radius 3 is 2.09 bits per heavy atom. The Bertz CT molecular complexity index is 1040. The van der Waals surface area contributed by atoms with Crippen molar-refractivity contribution in [1.82, 2.24) is 10.6 Å². The smallest absolute Gasteiger partial charge is 0.253 e. The van der Waals surface area contributed by atoms with E-state index in [0.29, 0.717) is 11.1 Å². The van der Waals surface area contributed by atoms with Gasteiger partial charge in [0.05, 0.1) is 11.6 Å². The summed E-state index contributed by atoms with van der Waals surface area (Å²) in [6.45, 7) is 3.58. The second-order valence-electron chi connectivity index (χ2n) is 8.22. The van der Waals surface area contributed by atoms with Crippen LogP contribution in [0.25, 0.3) is 0 Å². The summed E-state index contributed by atoms with van der Waals surface area (Å²) in [7, 11) is 0. The summed E-state index contributed by atoms with van der Waals surface area (Å²) >= 11 is 0. The first-order valence-electron chi connectivity index (χ1n) is 11.2. The van der Waals surface area contributed by atoms with E-state index in [9.17, 15) is 9.59 Å². The number of anilines is 1. The fourth-order valence-corrected chi connectivity index (χ4v) is 4.16. The molecule has 0 radical (unpaired) electrons. The first kappa shape index (κ1) is 21.6. The average Bonchev–Trinajstić information content (AvgIpc) is 2.85. The van der Waals surface area contributed by atoms with E-state index in [0.717, 1.165) is 37.2 Å². The van der Waals surface area contributed by atoms with Gasteiger partial charge in [-0.25, -0.2) is 0 Å². The van der Waals surface area contributed by atoms with E-state index in [1.54, 1.807) is 0 Å². The molecule has 1 saturated heterocycles. The molecule has 1 aliphatic rings. The maximum atomic E-state index is 13.1. The lowest BCUT2D eigenvalue weighted by Gasteiger charge is -2.35. The third-order valence-corrected chi connectivity index (χ3v) is 6.00. The minimum Gasteiger partial charge on any atom is -0.371 e. The highest BCUT2D eigenvalue weighted by Gasteiger charge is 2.24. The molecule has 164 valence electrons. The second kappa shape index (κ2) is 10.1. The van der Waals surface area contributed by atoms with Crippen LogP contribution in [0.5, 0.6) is 0 Å². The van der Waals surface area contributed by atoms with Gasteiger partial charge < -0.3 is 15.5 Å². The molecule has 5 nitrogen and oxygen atoms in total. The Hall–Kier alpha value is -3.60. The molecule has 1 fully saturated rings. The van der Waals surface area contributed by atoms with Crippen LogP contribution < -0.4 is 15.5 Å². The minimum absolute atomic E-state index is 0.0290. The van der Waals surface area contributed by atoms with Crippen molar-refractivity contribution in [3.63, 3.8) is 0 Å². The van der Waals surface area contributed by atoms with Crippen LogP contribution in [0.2, 0.25) is 0 Å². The van der Waals surface area contributed by atoms with Crippen molar-refractivity contribution in [3.05, 3.63) is 102 Å². The molecule has 4 rings (SSSR count). The molecule has 3 aromatic rings. The van der Waals surface area contributed by atoms with Gasteiger partial charge >= 0.3 is 0 Å². The summed E-state index contributed by atoms with van der Waals surface area (Å²) < 4.78 is 0. The number of hydrogen-bond acceptors (Lipinski definition) is 3. The predicted octanol–water partition coefficient (Wildman–Crippen LogP) is 4.58. The quantitative estimate of drug-likeness (QED) is 0.606. The molecule has 2 N–H and O–H groups in total. The molecular formula is C27H29N3O2. The van der Waals surface area contributed by atoms with Crippen LogP contribution in [-0.4, -0.2) is 30.9 Å². The van der Waals surface area contributed by atoms with Gasteiger partial charge in [0.1, 0.15) is 0 Å². The lowest BCUT2D eigenvalue weighted by atomic mass is 10.0. The van der Waals surface area contributed by atoms with Crippen LogP contribution in [0.3, 0.4) is 0 Å². The van der Waals surface area contributed by atoms with Gasteiger partial charge in [-0.05, 0) is 49.6 Å². The molecule has 0 aliphatic carbocycles. The molecule has 0 aromatic heterocycles. The molecule has 3 aromatic carbocycles. The lowest BCUT2D eigenvalue weighted by molar-refractivity contribution is 0.0928. The summed E-state index contributed by atoms with van der Waals surface area (Å²) in [5.41, 5.74) is 3.39. The van der Waals surface area contributed by atoms with Crippen molar-refractivity contribution in [3.8, 4) is 0 Å². The Balaban J connectivity index is 1.38. The summed E-state index contributed by atoms with van der Waals surface area (Å²) in [6, 6.07) is 27.1. The van der Waals surface area contributed by atoms with Gasteiger partial charge in [-0.2, -0.15) is 0 Å². The number of para-hydroxylation sites is 1. The Labute approximate surface area is 189 Å². The number of rotatable bonds is 6. The molecule has 5 heteroatoms. The lowest BCUT2D eigenvalue weighted by Crippen LogP contribution is -2.45. The molecule has 0 spiro atoms. The molecule has 0 saturated carbocycles. The zero-order valence-corrected chi connectivity index (χ0v) is 18.3. The van der Waals surface area contributed by atoms with E-state index in [1.807, 2.05) is 91.9 Å². The number of piperidine rings is 1. The van der Waals surface area contributed by atoms with Crippen molar-refractivity contribution in [2.45, 2.75) is 31.8 Å². The maximum Gasteiger partial charge on any atom is 0.253 e. The number of nitrogens with zero attached hydrogens (tertiary/aromatic N) is 1. The number of nitrogens with one attached hydrogen (secondary N) is 2. The number of amides is 2. The molecule has 0 bridgehead atoms. The van der Waals surface area contributed by atoms with E-state index >= 15 is 0 Å². The third kappa shape index (κ3) is 5.17. The highest BCUT2D eigenvalue weighted by atomic mass is 16.2. The SMILES string of the molecule is CC(NC(=O)c1ccccc1N1CCC(NC(=O)c2ccccc2)CC1)c1ccccc1. The van der Waals surface area contributed by atoms with Gasteiger partial charge in [0.15, 0.2) is 0 Å². The van der Waals surface area contributed by atoms with Gasteiger partial charge in [-0.15, -0.1) is 0 Å². The first-order chi connectivity index (χ1) is 15.6. The van der Waals surface area contributed by atoms with Crippen molar-refractivity contribution >= 4 is 17.5 Å². The Morgan fingerprint density at radius 1 is 0.812 bits per heavy atom. The fourth-order valence-electron chi connectivity index (χ4n) is 4.16. The fraction of sp³-hybridized carbons (Fsp3) is 0.259. The monoisotopic (exact) mass is 427 g/mol. The minimum atomic E-state index is -0.0734. The van der Waals surface area contributed by atoms with E-state index < -0.39 is 0 Å². The largest absolute Gasteiger partial charge is 0.371 e. The second-order valence-corrected chi connectivity index (χ2v) is 8.22. The van der Waals surface area contributed by atoms with Crippen molar-refractivity contribution < 1.29 is 9.59 Å². The standard InChI is InChI=1S/C27H29N3O2/c1-20(21-10-4-2-5-11-21)28-27(32)24-14-8-9-15-25(24)30-18-16-23(17-19-30)29-26(31)22-12-6-3-7-13-22/h2-15,20,23H,16-19H2,1H3,(H,28,32)(H,29,31). The summed E-state index contributed by atoms with van der Waals surface area (Å²) in [4.78, 5) is 27.8. The number of carbonyl (C=O) groups excluding carboxylic acids is 2. The van der Waals surface area contributed by atoms with Crippen LogP contribution in [-0.2, 0) is 0 Å². The number of hydrogen-bond donors (Lipinski definition) is 2. The van der Waals surface area contributed by atoms with Gasteiger partial charge in [0.25, 0.3) is 11.8 Å². The van der Waals surface area contributed by atoms with Crippen LogP contribution in [0.15, 0.2) is 84.9 Å². The summed E-state index contributed by atoms with van der Waals surface area (Å²) in [6.07, 6.45) is 1.68. The van der Waals surface area contributed by atoms with E-state index in [1.165, 1.54) is 0 Å². The normalized spacial score (nSPS) is 15.1. The van der Waals surface area contributed by atoms with Crippen molar-refractivity contribution in [2.75, 3.05) is 18.0 Å². The predicted molar refractivity (Wildman–Crippen MR) is 128 cm³/mol. The summed E-state index contributed by atoms with van der Waals surface area (Å²) in [5.74, 6) is -0.102. The van der Waals surface area contributed by atoms with Gasteiger partial charge in [-0.3, -0.25) is 9.59 Å². The molecule has 1 heterocycles. The molecule has 1 atom stereocenters. The van der Waals surface area contributed by atoms with E-state index in [2.05, 4.69) is 15.5 Å². The Kier molecular flexibility index (Phi) is 6.85. The van der Waals surface area contributed by atoms with Crippen LogP contribution >= 0.6 is 0 Å². The molecule has 1 aliphatic heterocycles. The number of carbonyl (C=O) groups is 2. The maximum absolute atomic E-state index is 13.1. The van der Waals surface area contributed by atoms with Crippen molar-refractivity contribution in [1.29, 1.82) is 0 Å². The van der Waals surface area contributed by atoms with Crippen molar-refractivity contribution in [2.24, 2.45) is 0 Å². The highest BCUT2D eigenvalue weighted by Crippen LogP contribution is 2.25. The van der Waals surface area contributed by atoms with Crippen LogP contribution in [0.1, 0.15) is 52.1 Å². The average molecular weight is 428 g/mol. The number of benzene rings is 3. The van der Waals surface area contributed by atoms with Gasteiger partial charge in [0.2, 0.25) is 0 Å². The molecule has 1 unspecified atom stereocenters. The molecule has 32 heavy (non-hydrogen) atoms. The molecular weight excluding hydrogens is 398 g/mol. The van der Waals surface area contributed by atoms with Crippen LogP contribution in [0, 0.1) is 0 Å². The Morgan fingerprint density at radius 2 is 1.41 bits per heavy atom. The zero-order valence-electron chi connectivity index (χ0n) is 18.3. The highest BCUT2D eigenvalue weighted by molar-refractivity contribution is 6.00. The summed E-state index contributed by atoms with van der Waals surface area (Å²) in [5, 5.41) is 6.27. The topological polar surface area (TPSA) is 61.4 Å². The van der Waals surface area contributed by atoms with Gasteiger partial charge in [-0.1, -0.05) is 60.7 Å². The molecule has 2 amide bonds. The zero-order chi connectivity index (χ0) is 22.3. The first-order valence-corrected chi connectivity index (χ1v) is 11.2. The van der Waals surface area contributed by atoms with Gasteiger partial charge in [0, 0.05) is 30.4 Å². The van der Waals surface area contributed by atoms with Crippen LogP contribution in [0.4, 0.5) is 5.69 Å².